The molecule has 4 rings (SSSR count). The van der Waals surface area contributed by atoms with Crippen molar-refractivity contribution in [3.05, 3.63) is 103 Å². The van der Waals surface area contributed by atoms with Gasteiger partial charge in [0.25, 0.3) is 0 Å². The Bertz CT molecular complexity index is 2150. The molecule has 316 valence electrons. The predicted molar refractivity (Wildman–Crippen MR) is 227 cm³/mol. The summed E-state index contributed by atoms with van der Waals surface area (Å²) in [5, 5.41) is 14.3. The summed E-state index contributed by atoms with van der Waals surface area (Å²) in [6.07, 6.45) is 5.14. The van der Waals surface area contributed by atoms with Crippen LogP contribution in [0.2, 0.25) is 0 Å². The molecule has 0 saturated carbocycles. The third kappa shape index (κ3) is 15.4. The summed E-state index contributed by atoms with van der Waals surface area (Å²) in [7, 11) is 0. The van der Waals surface area contributed by atoms with Crippen LogP contribution in [-0.4, -0.2) is 75.6 Å². The lowest BCUT2D eigenvalue weighted by Gasteiger charge is -2.25. The number of ether oxygens (including phenoxy) is 2. The first-order valence-corrected chi connectivity index (χ1v) is 19.9. The molecule has 0 bridgehead atoms. The first kappa shape index (κ1) is 48.6. The lowest BCUT2D eigenvalue weighted by molar-refractivity contribution is -0.143. The van der Waals surface area contributed by atoms with Gasteiger partial charge < -0.3 is 20.1 Å². The summed E-state index contributed by atoms with van der Waals surface area (Å²) in [5.41, 5.74) is -1.25. The van der Waals surface area contributed by atoms with E-state index in [4.69, 9.17) is 4.74 Å². The van der Waals surface area contributed by atoms with Gasteiger partial charge in [-0.2, -0.15) is 0 Å². The minimum absolute atomic E-state index is 0.193. The molecule has 0 fully saturated rings. The van der Waals surface area contributed by atoms with Crippen LogP contribution in [0.5, 0.6) is 0 Å². The number of aromatic nitrogens is 6. The first-order chi connectivity index (χ1) is 27.2. The number of halogens is 2. The average Bonchev–Trinajstić information content (AvgIpc) is 3.70. The summed E-state index contributed by atoms with van der Waals surface area (Å²) in [6.45, 7) is 15.1. The molecule has 2 aromatic carbocycles. The van der Waals surface area contributed by atoms with E-state index in [2.05, 4.69) is 74.2 Å². The van der Waals surface area contributed by atoms with Gasteiger partial charge in [-0.3, -0.25) is 14.4 Å². The van der Waals surface area contributed by atoms with Gasteiger partial charge in [0.1, 0.15) is 4.83 Å². The number of rotatable bonds is 16. The maximum atomic E-state index is 12.7. The second-order valence-electron chi connectivity index (χ2n) is 13.7. The number of carbonyl (C=O) groups excluding carboxylic acids is 4. The highest BCUT2D eigenvalue weighted by Gasteiger charge is 2.33. The smallest absolute Gasteiger partial charge is 0.348 e. The van der Waals surface area contributed by atoms with E-state index in [1.165, 1.54) is 6.08 Å². The van der Waals surface area contributed by atoms with Crippen molar-refractivity contribution in [2.45, 2.75) is 82.8 Å². The second-order valence-corrected chi connectivity index (χ2v) is 16.8. The molecular weight excluding hydrogens is 888 g/mol. The quantitative estimate of drug-likeness (QED) is 0.0388. The number of alkyl halides is 2. The Morgan fingerprint density at radius 2 is 1.09 bits per heavy atom. The van der Waals surface area contributed by atoms with E-state index in [1.54, 1.807) is 76.2 Å². The number of unbranched alkanes of at least 4 members (excludes halogenated alkanes) is 2. The maximum absolute atomic E-state index is 12.7. The molecule has 0 aliphatic rings. The molecule has 6 N–H and O–H groups in total. The van der Waals surface area contributed by atoms with E-state index in [-0.39, 0.29) is 30.2 Å². The van der Waals surface area contributed by atoms with E-state index >= 15 is 0 Å². The van der Waals surface area contributed by atoms with Crippen LogP contribution >= 0.6 is 31.9 Å². The van der Waals surface area contributed by atoms with E-state index in [0.29, 0.717) is 36.0 Å². The molecule has 1 atom stereocenters. The second kappa shape index (κ2) is 23.0. The molecule has 0 spiro atoms. The van der Waals surface area contributed by atoms with Crippen molar-refractivity contribution in [1.82, 2.24) is 29.5 Å². The van der Waals surface area contributed by atoms with Crippen molar-refractivity contribution in [2.24, 2.45) is 5.41 Å². The Kier molecular flexibility index (Phi) is 19.3. The lowest BCUT2D eigenvalue weighted by atomic mass is 9.86. The van der Waals surface area contributed by atoms with Crippen molar-refractivity contribution in [2.75, 3.05) is 23.8 Å². The van der Waals surface area contributed by atoms with Gasteiger partial charge in [-0.25, -0.2) is 53.5 Å². The fraction of sp³-hybridized carbons (Fsp3) is 0.421. The van der Waals surface area contributed by atoms with Gasteiger partial charge in [-0.05, 0) is 81.6 Å². The monoisotopic (exact) mass is 936 g/mol. The summed E-state index contributed by atoms with van der Waals surface area (Å²) in [4.78, 5) is 92.4. The summed E-state index contributed by atoms with van der Waals surface area (Å²) < 4.78 is 11.1. The molecule has 58 heavy (non-hydrogen) atoms. The Labute approximate surface area is 350 Å². The van der Waals surface area contributed by atoms with Crippen LogP contribution in [0, 0.1) is 5.41 Å². The Morgan fingerprint density at radius 3 is 1.45 bits per heavy atom. The maximum Gasteiger partial charge on any atom is 0.348 e. The van der Waals surface area contributed by atoms with Gasteiger partial charge in [-0.15, -0.1) is 0 Å². The molecular formula is C38H50Br2N8O10. The molecule has 0 radical (unpaired) electrons. The van der Waals surface area contributed by atoms with E-state index in [0.717, 1.165) is 34.8 Å². The summed E-state index contributed by atoms with van der Waals surface area (Å²) in [5.74, 6) is -1.18. The highest BCUT2D eigenvalue weighted by Crippen LogP contribution is 2.28. The van der Waals surface area contributed by atoms with Gasteiger partial charge in [0.05, 0.1) is 28.9 Å². The van der Waals surface area contributed by atoms with E-state index < -0.39 is 37.3 Å². The number of aromatic amines is 4. The Hall–Kier alpha value is -5.50. The molecule has 2 heterocycles. The molecule has 1 unspecified atom stereocenters. The topological polar surface area (TPSA) is 252 Å². The number of nitrogens with zero attached hydrogens (tertiary/aromatic N) is 2. The predicted octanol–water partition coefficient (Wildman–Crippen LogP) is 4.80. The molecule has 0 saturated heterocycles. The van der Waals surface area contributed by atoms with Crippen LogP contribution in [0.3, 0.4) is 0 Å². The molecule has 2 amide bonds. The number of esters is 2. The number of H-pyrrole nitrogens is 4. The van der Waals surface area contributed by atoms with Gasteiger partial charge in [0.2, 0.25) is 11.8 Å². The first-order valence-electron chi connectivity index (χ1n) is 18.2. The van der Waals surface area contributed by atoms with Crippen LogP contribution in [-0.2, 0) is 28.7 Å². The van der Waals surface area contributed by atoms with Crippen molar-refractivity contribution in [1.29, 1.82) is 0 Å². The molecule has 0 aliphatic carbocycles. The molecule has 20 heteroatoms. The van der Waals surface area contributed by atoms with Crippen LogP contribution in [0.1, 0.15) is 73.6 Å². The number of benzene rings is 2. The standard InChI is InChI=1S/C19H25BrN4O5.C12H13BrN4O3.C7H12O2/c1-4-5-10-29-15(25)14(20)11-19(2,3)16(26)21-12-6-8-13(9-7-12)24-17(27)22-23-18(24)28;1-12(2,13)9(18)14-7-3-5-8(6-4-7)17-10(19)15-16-11(17)20;1-3-5-6-9-7(8)4-2/h6-9,14H,4-5,10-11H2,1-3H3,(H,21,26)(H,22,27)(H,23,28);3-6H,1-2H3,(H,14,18)(H,15,19)(H,16,20);4H,2-3,5-6H2,1H3. The van der Waals surface area contributed by atoms with Crippen LogP contribution in [0.25, 0.3) is 11.4 Å². The van der Waals surface area contributed by atoms with Crippen molar-refractivity contribution in [3.8, 4) is 11.4 Å². The summed E-state index contributed by atoms with van der Waals surface area (Å²) >= 11 is 6.57. The zero-order valence-corrected chi connectivity index (χ0v) is 36.3. The van der Waals surface area contributed by atoms with Gasteiger partial charge in [0, 0.05) is 22.9 Å². The number of anilines is 2. The minimum atomic E-state index is -0.842. The number of carbonyl (C=O) groups is 4. The lowest BCUT2D eigenvalue weighted by Crippen LogP contribution is -2.35. The van der Waals surface area contributed by atoms with Crippen LogP contribution < -0.4 is 33.4 Å². The van der Waals surface area contributed by atoms with Gasteiger partial charge in [0.15, 0.2) is 0 Å². The Balaban J connectivity index is 0.000000344. The third-order valence-corrected chi connectivity index (χ3v) is 8.94. The molecule has 2 aromatic heterocycles. The summed E-state index contributed by atoms with van der Waals surface area (Å²) in [6, 6.07) is 12.6. The molecule has 4 aromatic rings. The van der Waals surface area contributed by atoms with Crippen LogP contribution in [0.15, 0.2) is 80.4 Å². The normalized spacial score (nSPS) is 11.4. The number of amides is 2. The Morgan fingerprint density at radius 1 is 0.707 bits per heavy atom. The highest BCUT2D eigenvalue weighted by molar-refractivity contribution is 9.10. The fourth-order valence-electron chi connectivity index (χ4n) is 4.47. The molecule has 0 aliphatic heterocycles. The SMILES string of the molecule is C=CC(=O)OCCCC.CC(C)(Br)C(=O)Nc1ccc(-n2c(=O)[nH][nH]c2=O)cc1.CCCCOC(=O)C(Br)CC(C)(C)C(=O)Nc1ccc(-n2c(=O)[nH][nH]c2=O)cc1. The average molecular weight is 939 g/mol. The van der Waals surface area contributed by atoms with Crippen molar-refractivity contribution >= 4 is 67.0 Å². The van der Waals surface area contributed by atoms with Crippen molar-refractivity contribution in [3.63, 3.8) is 0 Å². The zero-order valence-electron chi connectivity index (χ0n) is 33.2. The molecule has 18 nitrogen and oxygen atoms in total. The number of hydrogen-bond acceptors (Lipinski definition) is 10. The highest BCUT2D eigenvalue weighted by atomic mass is 79.9. The van der Waals surface area contributed by atoms with Crippen LogP contribution in [0.4, 0.5) is 11.4 Å². The number of hydrogen-bond donors (Lipinski definition) is 6. The fourth-order valence-corrected chi connectivity index (χ4v) is 5.51. The van der Waals surface area contributed by atoms with E-state index in [1.807, 2.05) is 13.8 Å². The third-order valence-electron chi connectivity index (χ3n) is 7.88. The largest absolute Gasteiger partial charge is 0.465 e. The minimum Gasteiger partial charge on any atom is -0.465 e. The van der Waals surface area contributed by atoms with Gasteiger partial charge >= 0.3 is 34.7 Å². The van der Waals surface area contributed by atoms with Crippen molar-refractivity contribution < 1.29 is 28.7 Å². The zero-order chi connectivity index (χ0) is 43.6. The van der Waals surface area contributed by atoms with Gasteiger partial charge in [-0.1, -0.05) is 79.0 Å². The van der Waals surface area contributed by atoms with E-state index in [9.17, 15) is 38.4 Å². The number of nitrogens with one attached hydrogen (secondary N) is 6.